The minimum atomic E-state index is -0.384. The van der Waals surface area contributed by atoms with E-state index in [4.69, 9.17) is 9.47 Å². The zero-order valence-electron chi connectivity index (χ0n) is 16.0. The standard InChI is InChI=1S/C21H24BrNO4/c1-5-26-21(25)15-6-8-16(9-7-15)23-20(24)12-27-19-10-14(4)18(22)11-17(19)13(2)3/h6-11,13H,5,12H2,1-4H3,(H,23,24). The molecule has 144 valence electrons. The molecule has 27 heavy (non-hydrogen) atoms. The number of aryl methyl sites for hydroxylation is 1. The molecule has 0 spiro atoms. The van der Waals surface area contributed by atoms with E-state index in [1.165, 1.54) is 0 Å². The zero-order chi connectivity index (χ0) is 20.0. The Kier molecular flexibility index (Phi) is 7.42. The number of ether oxygens (including phenoxy) is 2. The van der Waals surface area contributed by atoms with E-state index < -0.39 is 0 Å². The molecule has 5 nitrogen and oxygen atoms in total. The summed E-state index contributed by atoms with van der Waals surface area (Å²) in [6.45, 7) is 8.11. The molecule has 0 aliphatic heterocycles. The summed E-state index contributed by atoms with van der Waals surface area (Å²) < 4.78 is 11.7. The van der Waals surface area contributed by atoms with Gasteiger partial charge in [-0.25, -0.2) is 4.79 Å². The number of hydrogen-bond acceptors (Lipinski definition) is 4. The molecule has 0 aliphatic carbocycles. The van der Waals surface area contributed by atoms with Gasteiger partial charge in [-0.3, -0.25) is 4.79 Å². The van der Waals surface area contributed by atoms with E-state index in [1.807, 2.05) is 19.1 Å². The van der Waals surface area contributed by atoms with Crippen LogP contribution in [0.25, 0.3) is 0 Å². The second-order valence-corrected chi connectivity index (χ2v) is 7.28. The number of amides is 1. The van der Waals surface area contributed by atoms with Crippen molar-refractivity contribution in [2.75, 3.05) is 18.5 Å². The third kappa shape index (κ3) is 5.82. The van der Waals surface area contributed by atoms with Gasteiger partial charge in [0.1, 0.15) is 5.75 Å². The Hall–Kier alpha value is -2.34. The smallest absolute Gasteiger partial charge is 0.338 e. The monoisotopic (exact) mass is 433 g/mol. The summed E-state index contributed by atoms with van der Waals surface area (Å²) in [6, 6.07) is 10.5. The molecule has 0 fully saturated rings. The SMILES string of the molecule is CCOC(=O)c1ccc(NC(=O)COc2cc(C)c(Br)cc2C(C)C)cc1. The first-order valence-electron chi connectivity index (χ1n) is 8.81. The third-order valence-electron chi connectivity index (χ3n) is 3.95. The maximum atomic E-state index is 12.2. The number of hydrogen-bond donors (Lipinski definition) is 1. The lowest BCUT2D eigenvalue weighted by Crippen LogP contribution is -2.20. The number of nitrogens with one attached hydrogen (secondary N) is 1. The molecule has 1 amide bonds. The van der Waals surface area contributed by atoms with Crippen LogP contribution >= 0.6 is 15.9 Å². The normalized spacial score (nSPS) is 10.6. The first-order chi connectivity index (χ1) is 12.8. The molecule has 0 aliphatic rings. The Bertz CT molecular complexity index is 816. The van der Waals surface area contributed by atoms with E-state index in [2.05, 4.69) is 35.1 Å². The second kappa shape index (κ2) is 9.55. The quantitative estimate of drug-likeness (QED) is 0.618. The predicted octanol–water partition coefficient (Wildman–Crippen LogP) is 5.08. The Labute approximate surface area is 168 Å². The molecule has 2 aromatic rings. The van der Waals surface area contributed by atoms with Crippen LogP contribution in [0.3, 0.4) is 0 Å². The molecule has 0 bridgehead atoms. The molecule has 0 saturated heterocycles. The van der Waals surface area contributed by atoms with Gasteiger partial charge in [0.15, 0.2) is 6.61 Å². The summed E-state index contributed by atoms with van der Waals surface area (Å²) in [5.41, 5.74) is 3.12. The van der Waals surface area contributed by atoms with Crippen LogP contribution in [0, 0.1) is 6.92 Å². The molecular formula is C21H24BrNO4. The van der Waals surface area contributed by atoms with Crippen molar-refractivity contribution in [3.63, 3.8) is 0 Å². The van der Waals surface area contributed by atoms with E-state index in [-0.39, 0.29) is 24.4 Å². The van der Waals surface area contributed by atoms with Gasteiger partial charge < -0.3 is 14.8 Å². The maximum absolute atomic E-state index is 12.2. The topological polar surface area (TPSA) is 64.6 Å². The lowest BCUT2D eigenvalue weighted by molar-refractivity contribution is -0.118. The number of halogens is 1. The molecule has 0 atom stereocenters. The minimum absolute atomic E-state index is 0.0968. The molecule has 0 aromatic heterocycles. The summed E-state index contributed by atoms with van der Waals surface area (Å²) in [5.74, 6) is 0.327. The Morgan fingerprint density at radius 2 is 1.81 bits per heavy atom. The summed E-state index contributed by atoms with van der Waals surface area (Å²) in [4.78, 5) is 23.8. The van der Waals surface area contributed by atoms with Crippen LogP contribution in [-0.4, -0.2) is 25.1 Å². The largest absolute Gasteiger partial charge is 0.483 e. The summed E-state index contributed by atoms with van der Waals surface area (Å²) in [7, 11) is 0. The van der Waals surface area contributed by atoms with Gasteiger partial charge in [-0.05, 0) is 67.3 Å². The van der Waals surface area contributed by atoms with Gasteiger partial charge in [0.2, 0.25) is 0 Å². The molecule has 1 N–H and O–H groups in total. The highest BCUT2D eigenvalue weighted by Gasteiger charge is 2.13. The molecule has 0 heterocycles. The third-order valence-corrected chi connectivity index (χ3v) is 4.81. The molecule has 0 radical (unpaired) electrons. The first-order valence-corrected chi connectivity index (χ1v) is 9.61. The first kappa shape index (κ1) is 21.0. The Balaban J connectivity index is 1.99. The van der Waals surface area contributed by atoms with Crippen LogP contribution in [0.2, 0.25) is 0 Å². The van der Waals surface area contributed by atoms with Gasteiger partial charge in [0.25, 0.3) is 5.91 Å². The van der Waals surface area contributed by atoms with Crippen LogP contribution < -0.4 is 10.1 Å². The number of carbonyl (C=O) groups excluding carboxylic acids is 2. The van der Waals surface area contributed by atoms with E-state index >= 15 is 0 Å². The van der Waals surface area contributed by atoms with Gasteiger partial charge in [-0.2, -0.15) is 0 Å². The van der Waals surface area contributed by atoms with Gasteiger partial charge in [-0.1, -0.05) is 29.8 Å². The fraction of sp³-hybridized carbons (Fsp3) is 0.333. The number of anilines is 1. The van der Waals surface area contributed by atoms with Crippen molar-refractivity contribution in [3.05, 3.63) is 57.6 Å². The van der Waals surface area contributed by atoms with Gasteiger partial charge in [0, 0.05) is 10.2 Å². The molecule has 6 heteroatoms. The number of rotatable bonds is 7. The number of benzene rings is 2. The van der Waals surface area contributed by atoms with Crippen LogP contribution in [0.4, 0.5) is 5.69 Å². The van der Waals surface area contributed by atoms with Crippen molar-refractivity contribution < 1.29 is 19.1 Å². The highest BCUT2D eigenvalue weighted by atomic mass is 79.9. The Morgan fingerprint density at radius 1 is 1.15 bits per heavy atom. The van der Waals surface area contributed by atoms with E-state index in [0.29, 0.717) is 23.6 Å². The highest BCUT2D eigenvalue weighted by molar-refractivity contribution is 9.10. The lowest BCUT2D eigenvalue weighted by Gasteiger charge is -2.16. The average Bonchev–Trinajstić information content (AvgIpc) is 2.63. The Morgan fingerprint density at radius 3 is 2.41 bits per heavy atom. The van der Waals surface area contributed by atoms with Crippen molar-refractivity contribution in [1.29, 1.82) is 0 Å². The summed E-state index contributed by atoms with van der Waals surface area (Å²) in [6.07, 6.45) is 0. The minimum Gasteiger partial charge on any atom is -0.483 e. The summed E-state index contributed by atoms with van der Waals surface area (Å²) in [5, 5.41) is 2.76. The van der Waals surface area contributed by atoms with Crippen molar-refractivity contribution >= 4 is 33.5 Å². The number of esters is 1. The van der Waals surface area contributed by atoms with Crippen molar-refractivity contribution in [2.45, 2.75) is 33.6 Å². The molecular weight excluding hydrogens is 410 g/mol. The van der Waals surface area contributed by atoms with Crippen molar-refractivity contribution in [2.24, 2.45) is 0 Å². The molecule has 0 saturated carbocycles. The van der Waals surface area contributed by atoms with E-state index in [0.717, 1.165) is 15.6 Å². The van der Waals surface area contributed by atoms with Crippen LogP contribution in [0.15, 0.2) is 40.9 Å². The van der Waals surface area contributed by atoms with Gasteiger partial charge in [0.05, 0.1) is 12.2 Å². The van der Waals surface area contributed by atoms with Gasteiger partial charge >= 0.3 is 5.97 Å². The van der Waals surface area contributed by atoms with Crippen molar-refractivity contribution in [1.82, 2.24) is 0 Å². The van der Waals surface area contributed by atoms with Crippen LogP contribution in [0.1, 0.15) is 48.2 Å². The summed E-state index contributed by atoms with van der Waals surface area (Å²) >= 11 is 3.53. The molecule has 2 rings (SSSR count). The van der Waals surface area contributed by atoms with Crippen LogP contribution in [-0.2, 0) is 9.53 Å². The predicted molar refractivity (Wildman–Crippen MR) is 109 cm³/mol. The molecule has 2 aromatic carbocycles. The maximum Gasteiger partial charge on any atom is 0.338 e. The van der Waals surface area contributed by atoms with Crippen molar-refractivity contribution in [3.8, 4) is 5.75 Å². The van der Waals surface area contributed by atoms with E-state index in [1.54, 1.807) is 31.2 Å². The highest BCUT2D eigenvalue weighted by Crippen LogP contribution is 2.32. The van der Waals surface area contributed by atoms with E-state index in [9.17, 15) is 9.59 Å². The molecule has 0 unspecified atom stereocenters. The zero-order valence-corrected chi connectivity index (χ0v) is 17.6. The lowest BCUT2D eigenvalue weighted by atomic mass is 10.0. The second-order valence-electron chi connectivity index (χ2n) is 6.43. The van der Waals surface area contributed by atoms with Gasteiger partial charge in [-0.15, -0.1) is 0 Å². The average molecular weight is 434 g/mol. The fourth-order valence-corrected chi connectivity index (χ4v) is 2.85. The van der Waals surface area contributed by atoms with Crippen LogP contribution in [0.5, 0.6) is 5.75 Å². The number of carbonyl (C=O) groups is 2. The fourth-order valence-electron chi connectivity index (χ4n) is 2.49.